The number of hydrogen-bond acceptors (Lipinski definition) is 4. The van der Waals surface area contributed by atoms with Crippen LogP contribution in [0.1, 0.15) is 24.8 Å². The van der Waals surface area contributed by atoms with Gasteiger partial charge < -0.3 is 14.5 Å². The highest BCUT2D eigenvalue weighted by atomic mass is 16.5. The van der Waals surface area contributed by atoms with Gasteiger partial charge in [0.15, 0.2) is 0 Å². The van der Waals surface area contributed by atoms with E-state index in [-0.39, 0.29) is 30.8 Å². The Morgan fingerprint density at radius 1 is 1.28 bits per heavy atom. The molecule has 2 aliphatic heterocycles. The first-order valence-electron chi connectivity index (χ1n) is 8.58. The topological polar surface area (TPSA) is 79.0 Å². The van der Waals surface area contributed by atoms with Crippen molar-refractivity contribution >= 4 is 17.8 Å². The van der Waals surface area contributed by atoms with Crippen molar-refractivity contribution in [3.63, 3.8) is 0 Å². The lowest BCUT2D eigenvalue weighted by atomic mass is 10.0. The summed E-state index contributed by atoms with van der Waals surface area (Å²) in [5.74, 6) is 0.474. The van der Waals surface area contributed by atoms with Gasteiger partial charge in [-0.25, -0.2) is 4.79 Å². The molecule has 1 unspecified atom stereocenters. The Morgan fingerprint density at radius 2 is 2.08 bits per heavy atom. The van der Waals surface area contributed by atoms with Gasteiger partial charge in [-0.1, -0.05) is 18.2 Å². The molecule has 2 fully saturated rings. The number of imide groups is 1. The van der Waals surface area contributed by atoms with E-state index in [2.05, 4.69) is 5.32 Å². The van der Waals surface area contributed by atoms with Gasteiger partial charge in [0, 0.05) is 25.6 Å². The smallest absolute Gasteiger partial charge is 0.324 e. The fourth-order valence-electron chi connectivity index (χ4n) is 3.51. The van der Waals surface area contributed by atoms with Crippen LogP contribution in [0.25, 0.3) is 0 Å². The number of amides is 4. The van der Waals surface area contributed by atoms with Crippen LogP contribution in [0, 0.1) is 0 Å². The van der Waals surface area contributed by atoms with Gasteiger partial charge in [0.2, 0.25) is 11.8 Å². The van der Waals surface area contributed by atoms with Gasteiger partial charge in [-0.3, -0.25) is 14.9 Å². The Kier molecular flexibility index (Phi) is 5.21. The summed E-state index contributed by atoms with van der Waals surface area (Å²) in [4.78, 5) is 39.0. The van der Waals surface area contributed by atoms with Crippen molar-refractivity contribution in [3.05, 3.63) is 29.8 Å². The van der Waals surface area contributed by atoms with E-state index in [1.165, 1.54) is 4.90 Å². The van der Waals surface area contributed by atoms with Crippen LogP contribution in [-0.2, 0) is 16.0 Å². The normalized spacial score (nSPS) is 20.6. The molecule has 2 aliphatic rings. The maximum absolute atomic E-state index is 12.7. The lowest BCUT2D eigenvalue weighted by molar-refractivity contribution is -0.133. The summed E-state index contributed by atoms with van der Waals surface area (Å²) < 4.78 is 5.40. The zero-order valence-corrected chi connectivity index (χ0v) is 14.4. The molecule has 2 saturated heterocycles. The van der Waals surface area contributed by atoms with Crippen LogP contribution < -0.4 is 10.1 Å². The minimum absolute atomic E-state index is 0.0154. The summed E-state index contributed by atoms with van der Waals surface area (Å²) in [6.07, 6.45) is 2.87. The van der Waals surface area contributed by atoms with Gasteiger partial charge in [0.1, 0.15) is 12.3 Å². The molecule has 2 heterocycles. The SMILES string of the molecule is COc1ccccc1CC1CCCN1C(=O)CN1CCC(=O)NC1=O. The van der Waals surface area contributed by atoms with Crippen molar-refractivity contribution in [2.75, 3.05) is 26.7 Å². The fraction of sp³-hybridized carbons (Fsp3) is 0.500. The first-order chi connectivity index (χ1) is 12.1. The van der Waals surface area contributed by atoms with Crippen LogP contribution in [-0.4, -0.2) is 60.4 Å². The van der Waals surface area contributed by atoms with Crippen molar-refractivity contribution in [1.82, 2.24) is 15.1 Å². The number of rotatable bonds is 5. The number of carbonyl (C=O) groups excluding carboxylic acids is 3. The second kappa shape index (κ2) is 7.55. The Hall–Kier alpha value is -2.57. The molecule has 4 amide bonds. The zero-order chi connectivity index (χ0) is 17.8. The Labute approximate surface area is 146 Å². The number of benzene rings is 1. The van der Waals surface area contributed by atoms with Gasteiger partial charge >= 0.3 is 6.03 Å². The number of methoxy groups -OCH3 is 1. The predicted octanol–water partition coefficient (Wildman–Crippen LogP) is 1.17. The number of ether oxygens (including phenoxy) is 1. The van der Waals surface area contributed by atoms with Gasteiger partial charge in [-0.15, -0.1) is 0 Å². The molecule has 0 bridgehead atoms. The number of nitrogens with one attached hydrogen (secondary N) is 1. The zero-order valence-electron chi connectivity index (χ0n) is 14.4. The number of nitrogens with zero attached hydrogens (tertiary/aromatic N) is 2. The highest BCUT2D eigenvalue weighted by Crippen LogP contribution is 2.26. The van der Waals surface area contributed by atoms with E-state index < -0.39 is 6.03 Å². The third-order valence-corrected chi connectivity index (χ3v) is 4.81. The standard InChI is InChI=1S/C18H23N3O4/c1-25-15-7-3-2-5-13(15)11-14-6-4-9-21(14)17(23)12-20-10-8-16(22)19-18(20)24/h2-3,5,7,14H,4,6,8-12H2,1H3,(H,19,22,24). The minimum Gasteiger partial charge on any atom is -0.496 e. The summed E-state index contributed by atoms with van der Waals surface area (Å²) >= 11 is 0. The van der Waals surface area contributed by atoms with Crippen molar-refractivity contribution < 1.29 is 19.1 Å². The maximum Gasteiger partial charge on any atom is 0.324 e. The molecule has 25 heavy (non-hydrogen) atoms. The predicted molar refractivity (Wildman–Crippen MR) is 91.2 cm³/mol. The molecule has 0 saturated carbocycles. The van der Waals surface area contributed by atoms with Crippen LogP contribution >= 0.6 is 0 Å². The molecular weight excluding hydrogens is 322 g/mol. The highest BCUT2D eigenvalue weighted by molar-refractivity contribution is 5.98. The molecule has 0 aromatic heterocycles. The van der Waals surface area contributed by atoms with Crippen molar-refractivity contribution in [3.8, 4) is 5.75 Å². The van der Waals surface area contributed by atoms with Crippen LogP contribution in [0.2, 0.25) is 0 Å². The monoisotopic (exact) mass is 345 g/mol. The Bertz CT molecular complexity index is 676. The van der Waals surface area contributed by atoms with Gasteiger partial charge in [-0.2, -0.15) is 0 Å². The van der Waals surface area contributed by atoms with E-state index >= 15 is 0 Å². The highest BCUT2D eigenvalue weighted by Gasteiger charge is 2.32. The van der Waals surface area contributed by atoms with Gasteiger partial charge in [0.05, 0.1) is 7.11 Å². The molecular formula is C18H23N3O4. The summed E-state index contributed by atoms with van der Waals surface area (Å²) in [5, 5.41) is 2.25. The van der Waals surface area contributed by atoms with Crippen LogP contribution in [0.4, 0.5) is 4.79 Å². The molecule has 0 aliphatic carbocycles. The Balaban J connectivity index is 1.64. The van der Waals surface area contributed by atoms with Gasteiger partial charge in [0.25, 0.3) is 0 Å². The van der Waals surface area contributed by atoms with E-state index in [1.807, 2.05) is 29.2 Å². The average Bonchev–Trinajstić information content (AvgIpc) is 3.06. The summed E-state index contributed by atoms with van der Waals surface area (Å²) in [7, 11) is 1.65. The largest absolute Gasteiger partial charge is 0.496 e. The molecule has 1 N–H and O–H groups in total. The lowest BCUT2D eigenvalue weighted by Gasteiger charge is -2.30. The Morgan fingerprint density at radius 3 is 2.84 bits per heavy atom. The molecule has 1 atom stereocenters. The van der Waals surface area contributed by atoms with Crippen LogP contribution in [0.5, 0.6) is 5.75 Å². The van der Waals surface area contributed by atoms with Crippen molar-refractivity contribution in [1.29, 1.82) is 0 Å². The molecule has 7 nitrogen and oxygen atoms in total. The molecule has 0 spiro atoms. The summed E-state index contributed by atoms with van der Waals surface area (Å²) in [6.45, 7) is 1.01. The average molecular weight is 345 g/mol. The third kappa shape index (κ3) is 3.92. The molecule has 3 rings (SSSR count). The van der Waals surface area contributed by atoms with E-state index in [0.717, 1.165) is 30.6 Å². The molecule has 134 valence electrons. The molecule has 0 radical (unpaired) electrons. The molecule has 1 aromatic carbocycles. The van der Waals surface area contributed by atoms with Gasteiger partial charge in [-0.05, 0) is 30.9 Å². The second-order valence-electron chi connectivity index (χ2n) is 6.42. The third-order valence-electron chi connectivity index (χ3n) is 4.81. The molecule has 1 aromatic rings. The quantitative estimate of drug-likeness (QED) is 0.869. The van der Waals surface area contributed by atoms with E-state index in [1.54, 1.807) is 7.11 Å². The summed E-state index contributed by atoms with van der Waals surface area (Å²) in [5.41, 5.74) is 1.08. The number of carbonyl (C=O) groups is 3. The number of urea groups is 1. The molecule has 7 heteroatoms. The van der Waals surface area contributed by atoms with Crippen LogP contribution in [0.15, 0.2) is 24.3 Å². The first-order valence-corrected chi connectivity index (χ1v) is 8.58. The lowest BCUT2D eigenvalue weighted by Crippen LogP contribution is -2.53. The van der Waals surface area contributed by atoms with Crippen LogP contribution in [0.3, 0.4) is 0 Å². The maximum atomic E-state index is 12.7. The van der Waals surface area contributed by atoms with E-state index in [4.69, 9.17) is 4.74 Å². The van der Waals surface area contributed by atoms with Crippen molar-refractivity contribution in [2.24, 2.45) is 0 Å². The van der Waals surface area contributed by atoms with Crippen molar-refractivity contribution in [2.45, 2.75) is 31.7 Å². The number of likely N-dealkylation sites (tertiary alicyclic amines) is 1. The second-order valence-corrected chi connectivity index (χ2v) is 6.42. The summed E-state index contributed by atoms with van der Waals surface area (Å²) in [6, 6.07) is 7.46. The van der Waals surface area contributed by atoms with E-state index in [0.29, 0.717) is 13.1 Å². The minimum atomic E-state index is -0.481. The number of para-hydroxylation sites is 1. The first kappa shape index (κ1) is 17.3. The van der Waals surface area contributed by atoms with E-state index in [9.17, 15) is 14.4 Å². The number of hydrogen-bond donors (Lipinski definition) is 1. The fourth-order valence-corrected chi connectivity index (χ4v) is 3.51.